The molecule has 1 aromatic carbocycles. The number of rotatable bonds is 7. The monoisotopic (exact) mass is 287 g/mol. The minimum absolute atomic E-state index is 0.532. The molecule has 1 nitrogen and oxygen atoms in total. The highest BCUT2D eigenvalue weighted by atomic mass is 35.5. The Morgan fingerprint density at radius 2 is 1.94 bits per heavy atom. The Kier molecular flexibility index (Phi) is 7.06. The first-order valence-corrected chi connectivity index (χ1v) is 7.45. The molecule has 3 heteroatoms. The Labute approximate surface area is 121 Å². The summed E-state index contributed by atoms with van der Waals surface area (Å²) in [5.41, 5.74) is 1.20. The van der Waals surface area contributed by atoms with Gasteiger partial charge >= 0.3 is 0 Å². The van der Waals surface area contributed by atoms with Gasteiger partial charge in [-0.05, 0) is 43.0 Å². The van der Waals surface area contributed by atoms with Crippen molar-refractivity contribution in [1.82, 2.24) is 5.32 Å². The molecule has 0 saturated carbocycles. The van der Waals surface area contributed by atoms with Crippen LogP contribution in [0.4, 0.5) is 0 Å². The van der Waals surface area contributed by atoms with Crippen LogP contribution in [0.25, 0.3) is 0 Å². The fraction of sp³-hybridized carbons (Fsp3) is 0.600. The van der Waals surface area contributed by atoms with Gasteiger partial charge in [0.25, 0.3) is 0 Å². The number of halogens is 2. The number of hydrogen-bond donors (Lipinski definition) is 1. The summed E-state index contributed by atoms with van der Waals surface area (Å²) in [6.07, 6.45) is 3.44. The number of benzene rings is 1. The largest absolute Gasteiger partial charge is 0.314 e. The molecule has 0 saturated heterocycles. The van der Waals surface area contributed by atoms with E-state index in [1.807, 2.05) is 18.2 Å². The minimum Gasteiger partial charge on any atom is -0.314 e. The van der Waals surface area contributed by atoms with E-state index >= 15 is 0 Å². The summed E-state index contributed by atoms with van der Waals surface area (Å²) in [6.45, 7) is 7.63. The van der Waals surface area contributed by atoms with E-state index < -0.39 is 0 Å². The van der Waals surface area contributed by atoms with Crippen LogP contribution in [0.5, 0.6) is 0 Å². The maximum Gasteiger partial charge on any atom is 0.0452 e. The van der Waals surface area contributed by atoms with E-state index in [0.717, 1.165) is 18.0 Å². The van der Waals surface area contributed by atoms with Crippen LogP contribution in [0.15, 0.2) is 18.2 Å². The first-order valence-electron chi connectivity index (χ1n) is 6.70. The average Bonchev–Trinajstić information content (AvgIpc) is 2.29. The van der Waals surface area contributed by atoms with Crippen molar-refractivity contribution in [2.75, 3.05) is 6.54 Å². The molecule has 0 bridgehead atoms. The molecule has 102 valence electrons. The average molecular weight is 288 g/mol. The predicted octanol–water partition coefficient (Wildman–Crippen LogP) is 4.95. The van der Waals surface area contributed by atoms with Gasteiger partial charge < -0.3 is 5.32 Å². The quantitative estimate of drug-likeness (QED) is 0.748. The first kappa shape index (κ1) is 15.8. The van der Waals surface area contributed by atoms with Crippen molar-refractivity contribution in [3.05, 3.63) is 33.8 Å². The summed E-state index contributed by atoms with van der Waals surface area (Å²) in [4.78, 5) is 0. The third kappa shape index (κ3) is 5.60. The zero-order valence-electron chi connectivity index (χ0n) is 11.5. The predicted molar refractivity (Wildman–Crippen MR) is 81.7 cm³/mol. The van der Waals surface area contributed by atoms with Crippen molar-refractivity contribution in [1.29, 1.82) is 0 Å². The molecule has 0 fully saturated rings. The van der Waals surface area contributed by atoms with Crippen LogP contribution >= 0.6 is 23.2 Å². The zero-order chi connectivity index (χ0) is 13.5. The minimum atomic E-state index is 0.532. The maximum absolute atomic E-state index is 6.23. The van der Waals surface area contributed by atoms with E-state index in [9.17, 15) is 0 Å². The van der Waals surface area contributed by atoms with Crippen molar-refractivity contribution < 1.29 is 0 Å². The lowest BCUT2D eigenvalue weighted by Gasteiger charge is -2.19. The van der Waals surface area contributed by atoms with Crippen molar-refractivity contribution >= 4 is 23.2 Å². The van der Waals surface area contributed by atoms with Crippen LogP contribution in [-0.2, 0) is 6.42 Å². The number of nitrogens with one attached hydrogen (secondary N) is 1. The summed E-state index contributed by atoms with van der Waals surface area (Å²) in [7, 11) is 0. The fourth-order valence-corrected chi connectivity index (χ4v) is 2.57. The normalized spacial score (nSPS) is 13.0. The molecule has 0 aliphatic heterocycles. The van der Waals surface area contributed by atoms with Gasteiger partial charge in [0.2, 0.25) is 0 Å². The Morgan fingerprint density at radius 1 is 1.22 bits per heavy atom. The van der Waals surface area contributed by atoms with E-state index in [1.54, 1.807) is 0 Å². The summed E-state index contributed by atoms with van der Waals surface area (Å²) < 4.78 is 0. The lowest BCUT2D eigenvalue weighted by atomic mass is 9.94. The van der Waals surface area contributed by atoms with Gasteiger partial charge in [-0.1, -0.05) is 56.5 Å². The molecule has 1 atom stereocenters. The van der Waals surface area contributed by atoms with Crippen LogP contribution in [0.2, 0.25) is 10.0 Å². The summed E-state index contributed by atoms with van der Waals surface area (Å²) in [6, 6.07) is 6.33. The van der Waals surface area contributed by atoms with Crippen LogP contribution in [0, 0.1) is 5.92 Å². The molecule has 0 amide bonds. The third-order valence-electron chi connectivity index (χ3n) is 3.04. The molecule has 0 spiro atoms. The van der Waals surface area contributed by atoms with Crippen LogP contribution in [0.3, 0.4) is 0 Å². The lowest BCUT2D eigenvalue weighted by molar-refractivity contribution is 0.418. The maximum atomic E-state index is 6.23. The van der Waals surface area contributed by atoms with Crippen LogP contribution in [0.1, 0.15) is 39.2 Å². The topological polar surface area (TPSA) is 12.0 Å². The Morgan fingerprint density at radius 3 is 2.50 bits per heavy atom. The van der Waals surface area contributed by atoms with Crippen LogP contribution < -0.4 is 5.32 Å². The standard InChI is InChI=1S/C15H23Cl2N/c1-4-5-12(10-18-11(2)3)8-13-6-7-14(16)9-15(13)17/h6-7,9,11-12,18H,4-5,8,10H2,1-3H3. The molecule has 0 aliphatic rings. The molecule has 0 aliphatic carbocycles. The second kappa shape index (κ2) is 8.04. The Bertz CT molecular complexity index is 364. The van der Waals surface area contributed by atoms with Gasteiger partial charge in [-0.3, -0.25) is 0 Å². The Hall–Kier alpha value is -0.240. The second-order valence-corrected chi connectivity index (χ2v) is 6.00. The van der Waals surface area contributed by atoms with E-state index in [4.69, 9.17) is 23.2 Å². The summed E-state index contributed by atoms with van der Waals surface area (Å²) >= 11 is 12.2. The van der Waals surface area contributed by atoms with E-state index in [2.05, 4.69) is 26.1 Å². The first-order chi connectivity index (χ1) is 8.52. The highest BCUT2D eigenvalue weighted by Gasteiger charge is 2.11. The molecule has 0 heterocycles. The van der Waals surface area contributed by atoms with Crippen molar-refractivity contribution in [3.8, 4) is 0 Å². The van der Waals surface area contributed by atoms with Crippen molar-refractivity contribution in [2.45, 2.75) is 46.1 Å². The highest BCUT2D eigenvalue weighted by Crippen LogP contribution is 2.24. The molecule has 0 radical (unpaired) electrons. The van der Waals surface area contributed by atoms with Crippen molar-refractivity contribution in [2.24, 2.45) is 5.92 Å². The van der Waals surface area contributed by atoms with Crippen molar-refractivity contribution in [3.63, 3.8) is 0 Å². The molecule has 1 aromatic rings. The van der Waals surface area contributed by atoms with Gasteiger partial charge in [0.1, 0.15) is 0 Å². The number of hydrogen-bond acceptors (Lipinski definition) is 1. The van der Waals surface area contributed by atoms with Gasteiger partial charge in [0.05, 0.1) is 0 Å². The SMILES string of the molecule is CCCC(CNC(C)C)Cc1ccc(Cl)cc1Cl. The van der Waals surface area contributed by atoms with Gasteiger partial charge in [-0.25, -0.2) is 0 Å². The molecule has 1 rings (SSSR count). The zero-order valence-corrected chi connectivity index (χ0v) is 13.0. The van der Waals surface area contributed by atoms with E-state index in [1.165, 1.54) is 18.4 Å². The van der Waals surface area contributed by atoms with Gasteiger partial charge in [0, 0.05) is 16.1 Å². The molecule has 0 aromatic heterocycles. The Balaban J connectivity index is 2.64. The van der Waals surface area contributed by atoms with Gasteiger partial charge in [-0.2, -0.15) is 0 Å². The fourth-order valence-electron chi connectivity index (χ4n) is 2.09. The summed E-state index contributed by atoms with van der Waals surface area (Å²) in [5, 5.41) is 5.00. The van der Waals surface area contributed by atoms with E-state index in [-0.39, 0.29) is 0 Å². The van der Waals surface area contributed by atoms with E-state index in [0.29, 0.717) is 17.0 Å². The van der Waals surface area contributed by atoms with Gasteiger partial charge in [-0.15, -0.1) is 0 Å². The smallest absolute Gasteiger partial charge is 0.0452 e. The molecular weight excluding hydrogens is 265 g/mol. The molecule has 18 heavy (non-hydrogen) atoms. The second-order valence-electron chi connectivity index (χ2n) is 5.16. The molecule has 1 N–H and O–H groups in total. The molecular formula is C15H23Cl2N. The third-order valence-corrected chi connectivity index (χ3v) is 3.62. The molecule has 1 unspecified atom stereocenters. The van der Waals surface area contributed by atoms with Crippen LogP contribution in [-0.4, -0.2) is 12.6 Å². The lowest BCUT2D eigenvalue weighted by Crippen LogP contribution is -2.30. The highest BCUT2D eigenvalue weighted by molar-refractivity contribution is 6.35. The van der Waals surface area contributed by atoms with Gasteiger partial charge in [0.15, 0.2) is 0 Å². The summed E-state index contributed by atoms with van der Waals surface area (Å²) in [5.74, 6) is 0.635.